The molecule has 5 aliphatic heterocycles. The van der Waals surface area contributed by atoms with Crippen molar-refractivity contribution in [2.75, 3.05) is 16.5 Å². The summed E-state index contributed by atoms with van der Waals surface area (Å²) in [5.74, 6) is 1.10. The number of hydrogen-bond donors (Lipinski definition) is 0. The van der Waals surface area contributed by atoms with Gasteiger partial charge in [0, 0.05) is 174 Å². The Labute approximate surface area is 790 Å². The van der Waals surface area contributed by atoms with Gasteiger partial charge in [0.1, 0.15) is 6.54 Å². The van der Waals surface area contributed by atoms with Crippen LogP contribution in [-0.2, 0) is 66.4 Å². The van der Waals surface area contributed by atoms with Gasteiger partial charge in [-0.3, -0.25) is 0 Å². The smallest absolute Gasteiger partial charge is 0.331 e. The molecule has 0 unspecified atom stereocenters. The summed E-state index contributed by atoms with van der Waals surface area (Å²) in [5.41, 5.74) is 27.5. The van der Waals surface area contributed by atoms with Gasteiger partial charge in [-0.25, -0.2) is 4.57 Å². The molecule has 0 bridgehead atoms. The van der Waals surface area contributed by atoms with E-state index in [9.17, 15) is 0 Å². The predicted molar refractivity (Wildman–Crippen MR) is 512 cm³/mol. The molecule has 13 heterocycles. The Morgan fingerprint density at radius 1 is 0.359 bits per heavy atom. The fraction of sp³-hybridized carbons (Fsp3) is 0.0609. The van der Waals surface area contributed by atoms with Crippen molar-refractivity contribution in [2.24, 2.45) is 0 Å². The monoisotopic (exact) mass is 2040 g/mol. The van der Waals surface area contributed by atoms with Crippen LogP contribution in [0.4, 0.5) is 11.4 Å². The minimum atomic E-state index is -0.344. The molecule has 0 aliphatic carbocycles. The largest absolute Gasteiger partial charge is 0.351 e. The fourth-order valence-corrected chi connectivity index (χ4v) is 17.0. The third-order valence-electron chi connectivity index (χ3n) is 22.0. The Morgan fingerprint density at radius 2 is 0.914 bits per heavy atom. The zero-order valence-electron chi connectivity index (χ0n) is 77.3. The molecule has 0 saturated carbocycles. The van der Waals surface area contributed by atoms with Gasteiger partial charge in [0.25, 0.3) is 0 Å². The maximum Gasteiger partial charge on any atom is 0.331 e. The quantitative estimate of drug-likeness (QED) is 0.117. The average molecular weight is 2040 g/mol. The van der Waals surface area contributed by atoms with E-state index in [0.29, 0.717) is 5.56 Å². The van der Waals surface area contributed by atoms with Gasteiger partial charge in [0.05, 0.1) is 44.7 Å². The van der Waals surface area contributed by atoms with Gasteiger partial charge in [-0.15, -0.1) is 125 Å². The molecule has 5 aliphatic rings. The van der Waals surface area contributed by atoms with E-state index in [1.807, 2.05) is 176 Å². The number of pyridine rings is 6. The number of rotatable bonds is 7. The Bertz CT molecular complexity index is 7340. The number of fused-ring (bicyclic) bond motifs is 16. The van der Waals surface area contributed by atoms with E-state index in [4.69, 9.17) is 9.60 Å². The standard InChI is InChI=1S/C18H12NS.2C18H14N.C15H13N2.C12H11N2.C12H10N.2C11H8N.2Ir/c1-2-7-16-13(5-1)14-9-8-12-11-19-10-4-3-6-15(19)17(12)18(14)20-16;1-2-6-14(7-3-1)15-9-10-16-13-19-11-5-4-8-18(19)17(16)12-15;1-14-12-18(16-10-6-3-7-11-16)19-13-17(14)15-8-4-2-5-9-15;1-3-7-14(8-4-1)16-11-12-17(13-16)15-9-5-2-6-10-15;1-9-6-7-14-8-10-4-2-3-5-11(10)12(14)13-9;1-2-6-11-10(5-1)9-13-8-4-3-7-12(11)13;2*1-2-6-10(7-3-1)11-8-4-5-9-12-11;;/h1-10H,11H2;1-12H,13H2;2-10,12-13H,1H3;1-9,11-12H,13H2;2-7H,8H2,1H3;1-8H,9H2;2*1-6,8-9H;;/q2*+1;2*-1;2*+1;2*-1;;/i;;;;;1D,2D,3D,4D,5D,6D,7D;;;;. The van der Waals surface area contributed by atoms with Crippen LogP contribution in [0.5, 0.6) is 0 Å². The third kappa shape index (κ3) is 20.7. The van der Waals surface area contributed by atoms with Gasteiger partial charge in [0.2, 0.25) is 17.1 Å². The molecule has 20 aromatic rings. The van der Waals surface area contributed by atoms with Crippen LogP contribution in [0.25, 0.3) is 121 Å². The fourth-order valence-electron chi connectivity index (χ4n) is 15.8. The third-order valence-corrected chi connectivity index (χ3v) is 23.2. The molecule has 128 heavy (non-hydrogen) atoms. The molecule has 13 heteroatoms. The van der Waals surface area contributed by atoms with Crippen LogP contribution in [0.15, 0.2) is 450 Å². The van der Waals surface area contributed by atoms with Crippen molar-refractivity contribution in [3.05, 3.63) is 508 Å². The normalized spacial score (nSPS) is 12.4. The maximum absolute atomic E-state index is 7.97. The van der Waals surface area contributed by atoms with Crippen LogP contribution in [0.2, 0.25) is 0 Å². The van der Waals surface area contributed by atoms with Crippen LogP contribution >= 0.6 is 11.3 Å². The zero-order valence-corrected chi connectivity index (χ0v) is 75.9. The summed E-state index contributed by atoms with van der Waals surface area (Å²) in [6.45, 7) is 8.12. The Balaban J connectivity index is 0.000000113. The SMILES string of the molecule is Cc1cc(-c2[c-]cccc2)ncc1-c1ccccc1.Cc1cc[n+]2c(n1)-c1ccccc1C2.[2H]c1c[n+]2c(c([2H])c1[2H])-c1c([2H])c([2H])c([2H])c([2H])c1C2.[Ir].[Ir].[c-]1ccccc1-c1ccccn1.[c-]1ccccc1-c1ccccn1.[c-]1ccccc1N1C=CN(c2ccccc2)C1.c1cc[n+]2c(c1)-c1c(ccc3c1sc1ccccc13)C2.c1ccc(-c2ccc3c(c2)-c2cccc[n+]2C3)cc1. The summed E-state index contributed by atoms with van der Waals surface area (Å²) in [6.07, 6.45) is 17.5. The number of aromatic nitrogens is 8. The van der Waals surface area contributed by atoms with Gasteiger partial charge < -0.3 is 24.8 Å². The van der Waals surface area contributed by atoms with Crippen molar-refractivity contribution in [2.45, 2.75) is 40.0 Å². The number of thiophene rings is 1. The van der Waals surface area contributed by atoms with E-state index < -0.39 is 0 Å². The number of nitrogens with zero attached hydrogens (tertiary/aromatic N) is 10. The van der Waals surface area contributed by atoms with Gasteiger partial charge in [0.15, 0.2) is 43.9 Å². The molecular formula is C115H90Ir2N10S. The molecule has 0 saturated heterocycles. The molecular weight excluding hydrogens is 1940 g/mol. The Kier molecular flexibility index (Phi) is 25.9. The minimum Gasteiger partial charge on any atom is -0.351 e. The molecule has 12 aromatic carbocycles. The van der Waals surface area contributed by atoms with Crippen LogP contribution < -0.4 is 28.1 Å². The summed E-state index contributed by atoms with van der Waals surface area (Å²) in [6, 6.07) is 131. The van der Waals surface area contributed by atoms with Gasteiger partial charge in [-0.2, -0.15) is 38.0 Å². The Morgan fingerprint density at radius 3 is 1.59 bits per heavy atom. The molecule has 0 atom stereocenters. The number of anilines is 2. The van der Waals surface area contributed by atoms with Gasteiger partial charge in [-0.1, -0.05) is 194 Å². The van der Waals surface area contributed by atoms with E-state index in [1.165, 1.54) is 105 Å². The summed E-state index contributed by atoms with van der Waals surface area (Å²) < 4.78 is 65.7. The first-order valence-corrected chi connectivity index (χ1v) is 42.7. The molecule has 0 amide bonds. The van der Waals surface area contributed by atoms with Crippen molar-refractivity contribution in [1.29, 1.82) is 0 Å². The number of para-hydroxylation sites is 2. The average Bonchev–Trinajstić information content (AvgIpc) is 1.59. The van der Waals surface area contributed by atoms with Crippen LogP contribution in [-0.4, -0.2) is 26.6 Å². The maximum atomic E-state index is 7.97. The van der Waals surface area contributed by atoms with Crippen LogP contribution in [0.1, 0.15) is 43.1 Å². The molecule has 10 nitrogen and oxygen atoms in total. The van der Waals surface area contributed by atoms with Crippen molar-refractivity contribution in [1.82, 2.24) is 19.9 Å². The van der Waals surface area contributed by atoms with Crippen LogP contribution in [0.3, 0.4) is 0 Å². The number of hydrogen-bond acceptors (Lipinski definition) is 7. The van der Waals surface area contributed by atoms with Gasteiger partial charge >= 0.3 is 5.82 Å². The topological polar surface area (TPSA) is 73.6 Å². The van der Waals surface area contributed by atoms with Crippen molar-refractivity contribution < 1.29 is 68.1 Å². The van der Waals surface area contributed by atoms with Crippen molar-refractivity contribution >= 4 is 42.9 Å². The predicted octanol–water partition coefficient (Wildman–Crippen LogP) is 24.6. The molecule has 0 fully saturated rings. The van der Waals surface area contributed by atoms with Crippen LogP contribution in [0, 0.1) is 38.1 Å². The van der Waals surface area contributed by atoms with Gasteiger partial charge in [-0.05, 0) is 118 Å². The number of aryl methyl sites for hydroxylation is 2. The molecule has 0 spiro atoms. The molecule has 8 aromatic heterocycles. The van der Waals surface area contributed by atoms with E-state index in [1.54, 1.807) is 17.0 Å². The van der Waals surface area contributed by atoms with E-state index in [0.717, 1.165) is 77.3 Å². The minimum absolute atomic E-state index is 0. The van der Waals surface area contributed by atoms with Crippen molar-refractivity contribution in [3.8, 4) is 101 Å². The summed E-state index contributed by atoms with van der Waals surface area (Å²) in [4.78, 5) is 21.9. The first-order chi connectivity index (χ1) is 65.2. The molecule has 0 N–H and O–H groups in total. The second-order valence-electron chi connectivity index (χ2n) is 30.2. The van der Waals surface area contributed by atoms with Crippen molar-refractivity contribution in [3.63, 3.8) is 0 Å². The molecule has 624 valence electrons. The molecule has 25 rings (SSSR count). The second kappa shape index (κ2) is 42.4. The summed E-state index contributed by atoms with van der Waals surface area (Å²) in [7, 11) is 0. The first-order valence-electron chi connectivity index (χ1n) is 45.4. The van der Waals surface area contributed by atoms with E-state index >= 15 is 0 Å². The number of benzene rings is 12. The second-order valence-corrected chi connectivity index (χ2v) is 31.3. The summed E-state index contributed by atoms with van der Waals surface area (Å²) >= 11 is 1.92. The zero-order chi connectivity index (χ0) is 91.1. The Hall–Kier alpha value is -14.5. The van der Waals surface area contributed by atoms with E-state index in [2.05, 4.69) is 306 Å². The first kappa shape index (κ1) is 78.2. The summed E-state index contributed by atoms with van der Waals surface area (Å²) in [5, 5.41) is 2.77. The van der Waals surface area contributed by atoms with E-state index in [-0.39, 0.29) is 100 Å². The molecule has 2 radical (unpaired) electrons.